The van der Waals surface area contributed by atoms with Crippen molar-refractivity contribution in [1.29, 1.82) is 0 Å². The fourth-order valence-corrected chi connectivity index (χ4v) is 3.16. The van der Waals surface area contributed by atoms with Crippen molar-refractivity contribution in [2.75, 3.05) is 0 Å². The van der Waals surface area contributed by atoms with E-state index < -0.39 is 5.97 Å². The zero-order valence-corrected chi connectivity index (χ0v) is 9.15. The second-order valence-electron chi connectivity index (χ2n) is 4.80. The molecule has 3 nitrogen and oxygen atoms in total. The summed E-state index contributed by atoms with van der Waals surface area (Å²) < 4.78 is 0. The Bertz CT molecular complexity index is 431. The summed E-state index contributed by atoms with van der Waals surface area (Å²) in [6.07, 6.45) is 9.40. The van der Waals surface area contributed by atoms with Gasteiger partial charge in [0.05, 0.1) is 11.3 Å². The maximum atomic E-state index is 11.1. The van der Waals surface area contributed by atoms with Gasteiger partial charge < -0.3 is 5.11 Å². The van der Waals surface area contributed by atoms with Crippen molar-refractivity contribution in [3.05, 3.63) is 23.4 Å². The lowest BCUT2D eigenvalue weighted by Crippen LogP contribution is -2.23. The van der Waals surface area contributed by atoms with E-state index >= 15 is 0 Å². The van der Waals surface area contributed by atoms with Gasteiger partial charge in [0.15, 0.2) is 0 Å². The van der Waals surface area contributed by atoms with Crippen molar-refractivity contribution in [2.45, 2.75) is 32.1 Å². The number of aliphatic imine (C=N–C) groups is 1. The molecule has 3 aliphatic rings. The summed E-state index contributed by atoms with van der Waals surface area (Å²) in [4.78, 5) is 15.7. The number of nitrogens with zero attached hydrogens (tertiary/aromatic N) is 1. The highest BCUT2D eigenvalue weighted by Gasteiger charge is 2.38. The van der Waals surface area contributed by atoms with Crippen LogP contribution in [0.2, 0.25) is 0 Å². The van der Waals surface area contributed by atoms with E-state index in [0.717, 1.165) is 18.5 Å². The summed E-state index contributed by atoms with van der Waals surface area (Å²) >= 11 is 0. The standard InChI is InChI=1S/C13H15NO2/c15-13(16)10-6-3-5-9-8-4-1-2-7-11(8)14-12(9)10/h3,6,8-9H,1-2,4-5,7H2,(H,15,16). The molecular weight excluding hydrogens is 202 g/mol. The minimum absolute atomic E-state index is 0.353. The van der Waals surface area contributed by atoms with Gasteiger partial charge in [-0.2, -0.15) is 0 Å². The number of carbonyl (C=O) groups is 1. The fourth-order valence-electron chi connectivity index (χ4n) is 3.16. The van der Waals surface area contributed by atoms with Crippen LogP contribution in [0.4, 0.5) is 0 Å². The van der Waals surface area contributed by atoms with Gasteiger partial charge in [0.25, 0.3) is 0 Å². The molecule has 1 aliphatic heterocycles. The van der Waals surface area contributed by atoms with E-state index in [9.17, 15) is 4.79 Å². The average Bonchev–Trinajstić information content (AvgIpc) is 2.67. The van der Waals surface area contributed by atoms with E-state index in [0.29, 0.717) is 17.4 Å². The van der Waals surface area contributed by atoms with Gasteiger partial charge in [-0.3, -0.25) is 4.99 Å². The zero-order valence-electron chi connectivity index (χ0n) is 9.15. The molecule has 2 aliphatic carbocycles. The Morgan fingerprint density at radius 1 is 1.38 bits per heavy atom. The molecule has 3 rings (SSSR count). The molecule has 0 spiro atoms. The predicted molar refractivity (Wildman–Crippen MR) is 61.3 cm³/mol. The monoisotopic (exact) mass is 217 g/mol. The lowest BCUT2D eigenvalue weighted by molar-refractivity contribution is -0.132. The van der Waals surface area contributed by atoms with Crippen LogP contribution in [0.15, 0.2) is 28.4 Å². The number of carboxylic acid groups (broad SMARTS) is 1. The summed E-state index contributed by atoms with van der Waals surface area (Å²) in [5.41, 5.74) is 2.52. The number of rotatable bonds is 1. The van der Waals surface area contributed by atoms with Crippen LogP contribution in [0.3, 0.4) is 0 Å². The zero-order chi connectivity index (χ0) is 11.1. The first-order valence-electron chi connectivity index (χ1n) is 5.99. The third-order valence-corrected chi connectivity index (χ3v) is 3.91. The van der Waals surface area contributed by atoms with E-state index in [-0.39, 0.29) is 0 Å². The maximum absolute atomic E-state index is 11.1. The summed E-state index contributed by atoms with van der Waals surface area (Å²) in [6.45, 7) is 0. The Kier molecular flexibility index (Phi) is 2.20. The average molecular weight is 217 g/mol. The van der Waals surface area contributed by atoms with Gasteiger partial charge in [-0.1, -0.05) is 12.5 Å². The molecule has 1 saturated carbocycles. The molecule has 1 N–H and O–H groups in total. The third kappa shape index (κ3) is 1.34. The summed E-state index contributed by atoms with van der Waals surface area (Å²) in [5.74, 6) is 0.0494. The summed E-state index contributed by atoms with van der Waals surface area (Å²) in [7, 11) is 0. The quantitative estimate of drug-likeness (QED) is 0.733. The van der Waals surface area contributed by atoms with E-state index in [1.807, 2.05) is 6.08 Å². The highest BCUT2D eigenvalue weighted by Crippen LogP contribution is 2.43. The molecule has 16 heavy (non-hydrogen) atoms. The first-order chi connectivity index (χ1) is 7.77. The topological polar surface area (TPSA) is 49.7 Å². The van der Waals surface area contributed by atoms with E-state index in [1.165, 1.54) is 25.0 Å². The Labute approximate surface area is 94.6 Å². The number of hydrogen-bond acceptors (Lipinski definition) is 2. The predicted octanol–water partition coefficient (Wildman–Crippen LogP) is 2.55. The highest BCUT2D eigenvalue weighted by molar-refractivity contribution is 5.96. The van der Waals surface area contributed by atoms with Crippen LogP contribution in [-0.2, 0) is 4.79 Å². The third-order valence-electron chi connectivity index (χ3n) is 3.91. The molecular formula is C13H15NO2. The molecule has 0 aromatic carbocycles. The van der Waals surface area contributed by atoms with Gasteiger partial charge in [-0.05, 0) is 31.8 Å². The Hall–Kier alpha value is -1.38. The minimum Gasteiger partial charge on any atom is -0.478 e. The molecule has 2 unspecified atom stereocenters. The molecule has 1 fully saturated rings. The lowest BCUT2D eigenvalue weighted by Gasteiger charge is -2.25. The maximum Gasteiger partial charge on any atom is 0.337 e. The van der Waals surface area contributed by atoms with Gasteiger partial charge in [0.2, 0.25) is 0 Å². The van der Waals surface area contributed by atoms with Gasteiger partial charge in [0, 0.05) is 17.5 Å². The Morgan fingerprint density at radius 2 is 2.25 bits per heavy atom. The van der Waals surface area contributed by atoms with E-state index in [2.05, 4.69) is 4.99 Å². The van der Waals surface area contributed by atoms with Crippen molar-refractivity contribution in [3.63, 3.8) is 0 Å². The minimum atomic E-state index is -0.834. The second kappa shape index (κ2) is 3.58. The van der Waals surface area contributed by atoms with Crippen molar-refractivity contribution >= 4 is 11.7 Å². The van der Waals surface area contributed by atoms with Gasteiger partial charge in [-0.15, -0.1) is 0 Å². The molecule has 0 amide bonds. The Balaban J connectivity index is 2.04. The van der Waals surface area contributed by atoms with Crippen molar-refractivity contribution in [3.8, 4) is 0 Å². The number of aliphatic carboxylic acids is 1. The molecule has 2 atom stereocenters. The molecule has 0 radical (unpaired) electrons. The Morgan fingerprint density at radius 3 is 3.06 bits per heavy atom. The molecule has 0 bridgehead atoms. The summed E-state index contributed by atoms with van der Waals surface area (Å²) in [5, 5.41) is 9.14. The summed E-state index contributed by atoms with van der Waals surface area (Å²) in [6, 6.07) is 0. The molecule has 0 saturated heterocycles. The number of fused-ring (bicyclic) bond motifs is 3. The van der Waals surface area contributed by atoms with Crippen LogP contribution in [0.1, 0.15) is 32.1 Å². The molecule has 3 heteroatoms. The number of hydrogen-bond donors (Lipinski definition) is 1. The number of allylic oxidation sites excluding steroid dienone is 2. The second-order valence-corrected chi connectivity index (χ2v) is 4.80. The first kappa shape index (κ1) is 9.82. The van der Waals surface area contributed by atoms with Crippen molar-refractivity contribution in [1.82, 2.24) is 0 Å². The van der Waals surface area contributed by atoms with Crippen molar-refractivity contribution in [2.24, 2.45) is 16.8 Å². The molecule has 0 aromatic rings. The van der Waals surface area contributed by atoms with Gasteiger partial charge in [-0.25, -0.2) is 4.79 Å². The SMILES string of the molecule is O=C(O)C1=C2N=C3CCCCC3C2CC=C1. The van der Waals surface area contributed by atoms with Gasteiger partial charge >= 0.3 is 5.97 Å². The van der Waals surface area contributed by atoms with E-state index in [4.69, 9.17) is 5.11 Å². The van der Waals surface area contributed by atoms with Crippen LogP contribution < -0.4 is 0 Å². The smallest absolute Gasteiger partial charge is 0.337 e. The van der Waals surface area contributed by atoms with Crippen LogP contribution >= 0.6 is 0 Å². The van der Waals surface area contributed by atoms with Crippen molar-refractivity contribution < 1.29 is 9.90 Å². The molecule has 0 aromatic heterocycles. The highest BCUT2D eigenvalue weighted by atomic mass is 16.4. The van der Waals surface area contributed by atoms with E-state index in [1.54, 1.807) is 6.08 Å². The largest absolute Gasteiger partial charge is 0.478 e. The molecule has 1 heterocycles. The fraction of sp³-hybridized carbons (Fsp3) is 0.538. The number of carboxylic acids is 1. The van der Waals surface area contributed by atoms with Crippen LogP contribution in [0.25, 0.3) is 0 Å². The van der Waals surface area contributed by atoms with Crippen LogP contribution in [0.5, 0.6) is 0 Å². The lowest BCUT2D eigenvalue weighted by atomic mass is 9.76. The normalized spacial score (nSPS) is 32.1. The first-order valence-corrected chi connectivity index (χ1v) is 5.99. The van der Waals surface area contributed by atoms with Crippen LogP contribution in [-0.4, -0.2) is 16.8 Å². The van der Waals surface area contributed by atoms with Gasteiger partial charge in [0.1, 0.15) is 0 Å². The van der Waals surface area contributed by atoms with Crippen LogP contribution in [0, 0.1) is 11.8 Å². The molecule has 84 valence electrons.